The van der Waals surface area contributed by atoms with Gasteiger partial charge in [0.1, 0.15) is 36.0 Å². The van der Waals surface area contributed by atoms with Crippen molar-refractivity contribution in [2.75, 3.05) is 19.8 Å². The number of aliphatic hydroxyl groups excluding tert-OH is 3. The molecule has 0 aliphatic rings. The number of carbonyl (C=O) groups is 14. The number of hydrogen-bond donors (Lipinski definition) is 16. The number of Topliss-reactive ketones (excluding diaryl/α,β-unsaturated/α-hetero) is 5. The van der Waals surface area contributed by atoms with Gasteiger partial charge in [-0.15, -0.1) is 10.2 Å². The second-order valence-electron chi connectivity index (χ2n) is 30.7. The van der Waals surface area contributed by atoms with E-state index in [-0.39, 0.29) is 49.3 Å². The van der Waals surface area contributed by atoms with Crippen molar-refractivity contribution in [1.82, 2.24) is 67.7 Å². The Morgan fingerprint density at radius 1 is 0.608 bits per heavy atom. The van der Waals surface area contributed by atoms with Crippen LogP contribution in [-0.4, -0.2) is 213 Å². The van der Waals surface area contributed by atoms with Crippen LogP contribution in [0.3, 0.4) is 0 Å². The quantitative estimate of drug-likeness (QED) is 0.0237. The Morgan fingerprint density at radius 2 is 1.23 bits per heavy atom. The lowest BCUT2D eigenvalue weighted by Gasteiger charge is -2.33. The second kappa shape index (κ2) is 47.7. The number of nitrogens with zero attached hydrogens (tertiary/aromatic N) is 5. The van der Waals surface area contributed by atoms with Crippen molar-refractivity contribution in [3.8, 4) is 16.9 Å². The van der Waals surface area contributed by atoms with Crippen LogP contribution in [0, 0.1) is 42.8 Å². The Labute approximate surface area is 693 Å². The number of halogens is 1. The van der Waals surface area contributed by atoms with Gasteiger partial charge in [0.05, 0.1) is 67.3 Å². The third-order valence-electron chi connectivity index (χ3n) is 20.5. The van der Waals surface area contributed by atoms with Crippen molar-refractivity contribution >= 4 is 82.1 Å². The number of hydrogen-bond acceptors (Lipinski definition) is 25. The van der Waals surface area contributed by atoms with Gasteiger partial charge in [0.15, 0.2) is 40.6 Å². The average Bonchev–Trinajstić information content (AvgIpc) is 0.890. The first-order valence-corrected chi connectivity index (χ1v) is 39.8. The van der Waals surface area contributed by atoms with Crippen LogP contribution in [0.5, 0.6) is 5.75 Å². The number of carboxylic acid groups (broad SMARTS) is 1. The highest BCUT2D eigenvalue weighted by atomic mass is 19.1. The molecule has 0 saturated heterocycles. The molecule has 0 fully saturated rings. The number of amides is 8. The summed E-state index contributed by atoms with van der Waals surface area (Å²) in [5.74, 6) is -18.1. The number of unbranched alkanes of at least 4 members (excludes halogenated alkanes) is 1. The molecule has 120 heavy (non-hydrogen) atoms. The fourth-order valence-corrected chi connectivity index (χ4v) is 13.7. The third kappa shape index (κ3) is 31.2. The standard InChI is InChI=1S/C83H112FN17O19/c1-8-52-35-57(120-29-12-11-28-85)22-23-58(52)53-20-18-50(19-21-53)34-55(79(116)91-61(77(88)114)17-13-14-51-31-45(2)30-46(3)32-51)36-67(107)64(40-74(112)113)93-80(117)56(43-102)37-68(108)75(48(5)103)96-82(119)83(7,41-54-15-9-10-16-59(54)84)42-69(109)76(49(6)104)95-73(111)27-25-65(105)62(39-72-98-100-101-99-72)92-78(115)47(4)33-66(106)63(38-71-89-44-90-97-71)94-81(118)60(86)24-26-70(87)110/h9-10,15-16,18-23,30-32,35,44,47-49,55-56,60-64,75-76,102-104H,8,11-14,17,24-29,33-34,36-43,85-86H2,1-7H3,(H2,87,110)(H2,88,114)(H,91,116)(H,92,115)(H,93,117)(H,94,118)(H,95,111)(H,96,119)(H,112,113)(H,89,90,97)(H,98,99,100,101)/t47-,48-,49-,55-,56+,60+,61+,62+,63+,64+,75+,76+,83-/m1/s1. The molecule has 0 saturated carbocycles. The summed E-state index contributed by atoms with van der Waals surface area (Å²) in [7, 11) is 0. The zero-order chi connectivity index (χ0) is 88.5. The zero-order valence-electron chi connectivity index (χ0n) is 68.5. The van der Waals surface area contributed by atoms with E-state index in [1.807, 2.05) is 69.3 Å². The number of primary amides is 2. The lowest BCUT2D eigenvalue weighted by atomic mass is 9.76. The molecule has 0 radical (unpaired) electrons. The molecule has 6 rings (SSSR count). The van der Waals surface area contributed by atoms with E-state index < -0.39 is 230 Å². The van der Waals surface area contributed by atoms with Gasteiger partial charge in [0.2, 0.25) is 47.3 Å². The van der Waals surface area contributed by atoms with Gasteiger partial charge in [-0.1, -0.05) is 104 Å². The zero-order valence-corrected chi connectivity index (χ0v) is 68.5. The number of rotatable bonds is 55. The van der Waals surface area contributed by atoms with Crippen LogP contribution < -0.4 is 59.6 Å². The summed E-state index contributed by atoms with van der Waals surface area (Å²) in [4.78, 5) is 197. The smallest absolute Gasteiger partial charge is 0.305 e. The number of benzene rings is 4. The minimum Gasteiger partial charge on any atom is -0.494 e. The maximum absolute atomic E-state index is 15.6. The fraction of sp³-hybridized carbons (Fsp3) is 0.506. The van der Waals surface area contributed by atoms with E-state index in [0.717, 1.165) is 66.1 Å². The van der Waals surface area contributed by atoms with Crippen LogP contribution >= 0.6 is 0 Å². The Bertz CT molecular complexity index is 4490. The van der Waals surface area contributed by atoms with Crippen molar-refractivity contribution in [2.45, 2.75) is 225 Å². The number of nitrogens with two attached hydrogens (primary N) is 4. The molecule has 0 spiro atoms. The molecular formula is C83H112FN17O19. The van der Waals surface area contributed by atoms with Gasteiger partial charge in [-0.05, 0) is 144 Å². The number of ether oxygens (including phenoxy) is 1. The van der Waals surface area contributed by atoms with Crippen LogP contribution in [0.1, 0.15) is 163 Å². The molecular weight excluding hydrogens is 1560 g/mol. The number of aryl methyl sites for hydroxylation is 4. The predicted molar refractivity (Wildman–Crippen MR) is 433 cm³/mol. The monoisotopic (exact) mass is 1670 g/mol. The summed E-state index contributed by atoms with van der Waals surface area (Å²) < 4.78 is 21.6. The Hall–Kier alpha value is -11.8. The number of nitrogens with one attached hydrogen (secondary N) is 8. The number of aliphatic hydroxyl groups is 3. The van der Waals surface area contributed by atoms with E-state index >= 15 is 4.39 Å². The van der Waals surface area contributed by atoms with Gasteiger partial charge in [0.25, 0.3) is 0 Å². The summed E-state index contributed by atoms with van der Waals surface area (Å²) in [6.07, 6.45) is -6.35. The third-order valence-corrected chi connectivity index (χ3v) is 20.5. The van der Waals surface area contributed by atoms with Gasteiger partial charge in [-0.25, -0.2) is 9.37 Å². The molecule has 20 N–H and O–H groups in total. The van der Waals surface area contributed by atoms with Crippen LogP contribution in [0.25, 0.3) is 11.1 Å². The van der Waals surface area contributed by atoms with Gasteiger partial charge in [-0.2, -0.15) is 10.3 Å². The molecule has 6 aromatic rings. The number of aliphatic carboxylic acids is 1. The highest BCUT2D eigenvalue weighted by molar-refractivity contribution is 6.00. The first-order chi connectivity index (χ1) is 56.9. The highest BCUT2D eigenvalue weighted by Gasteiger charge is 2.43. The predicted octanol–water partition coefficient (Wildman–Crippen LogP) is 0.991. The second-order valence-corrected chi connectivity index (χ2v) is 30.7. The largest absolute Gasteiger partial charge is 0.494 e. The minimum absolute atomic E-state index is 0.0634. The van der Waals surface area contributed by atoms with Gasteiger partial charge >= 0.3 is 5.97 Å². The Morgan fingerprint density at radius 3 is 1.84 bits per heavy atom. The van der Waals surface area contributed by atoms with E-state index in [0.29, 0.717) is 43.7 Å². The molecule has 0 bridgehead atoms. The van der Waals surface area contributed by atoms with Crippen molar-refractivity contribution < 1.29 is 96.7 Å². The van der Waals surface area contributed by atoms with Gasteiger partial charge in [-0.3, -0.25) is 72.2 Å². The number of H-pyrrole nitrogens is 2. The topological polar surface area (TPSA) is 601 Å². The first kappa shape index (κ1) is 97.0. The van der Waals surface area contributed by atoms with Crippen molar-refractivity contribution in [3.63, 3.8) is 0 Å². The molecule has 0 aliphatic heterocycles. The molecule has 0 aliphatic carbocycles. The molecule has 37 heteroatoms. The molecule has 2 aromatic heterocycles. The summed E-state index contributed by atoms with van der Waals surface area (Å²) >= 11 is 0. The number of carboxylic acids is 1. The first-order valence-electron chi connectivity index (χ1n) is 39.8. The maximum Gasteiger partial charge on any atom is 0.305 e. The average molecular weight is 1670 g/mol. The number of tetrazole rings is 1. The SMILES string of the molecule is CCc1cc(OCCCCN)ccc1-c1ccc(C[C@H](CC(=O)[C@H](CC(=O)O)NC(=O)[C@H](CO)CC(=O)[C@@H](NC(=O)[C@@](C)(CC(=O)[C@@H](NC(=O)CCC(=O)[C@H](Cc2nn[nH]n2)NC(=O)[C@H](C)CC(=O)[C@H](Cc2nc[nH]n2)NC(=O)[C@@H](N)CCC(N)=O)[C@@H](C)O)Cc2ccccc2F)[C@@H](C)O)C(=O)N[C@@H](CCCc2cc(C)cc(C)c2)C(N)=O)cc1. The molecule has 13 atom stereocenters. The van der Waals surface area contributed by atoms with Crippen LogP contribution in [0.15, 0.2) is 91.3 Å². The molecule has 2 heterocycles. The molecule has 4 aromatic carbocycles. The Balaban J connectivity index is 1.16. The normalized spacial score (nSPS) is 14.8. The van der Waals surface area contributed by atoms with E-state index in [1.165, 1.54) is 38.4 Å². The van der Waals surface area contributed by atoms with Crippen LogP contribution in [0.4, 0.5) is 4.39 Å². The summed E-state index contributed by atoms with van der Waals surface area (Å²) in [6, 6.07) is 13.0. The number of aromatic amines is 2. The molecule has 650 valence electrons. The number of ketones is 5. The summed E-state index contributed by atoms with van der Waals surface area (Å²) in [5, 5.41) is 77.8. The maximum atomic E-state index is 15.6. The molecule has 36 nitrogen and oxygen atoms in total. The van der Waals surface area contributed by atoms with Crippen LogP contribution in [0.2, 0.25) is 0 Å². The molecule has 8 amide bonds. The minimum atomic E-state index is -2.14. The lowest BCUT2D eigenvalue weighted by molar-refractivity contribution is -0.142. The fourth-order valence-electron chi connectivity index (χ4n) is 13.7. The van der Waals surface area contributed by atoms with E-state index in [4.69, 9.17) is 27.7 Å². The summed E-state index contributed by atoms with van der Waals surface area (Å²) in [5.41, 5.74) is 26.7. The Kier molecular flexibility index (Phi) is 38.6. The van der Waals surface area contributed by atoms with Gasteiger partial charge < -0.3 is 80.0 Å². The van der Waals surface area contributed by atoms with Crippen molar-refractivity contribution in [2.24, 2.45) is 46.1 Å². The number of carbonyl (C=O) groups excluding carboxylic acids is 13. The van der Waals surface area contributed by atoms with Crippen molar-refractivity contribution in [1.29, 1.82) is 0 Å². The van der Waals surface area contributed by atoms with Gasteiger partial charge in [0, 0.05) is 69.6 Å². The van der Waals surface area contributed by atoms with E-state index in [2.05, 4.69) is 67.7 Å². The lowest BCUT2D eigenvalue weighted by Crippen LogP contribution is -2.55. The van der Waals surface area contributed by atoms with E-state index in [9.17, 15) is 87.5 Å². The summed E-state index contributed by atoms with van der Waals surface area (Å²) in [6.45, 7) is 10.5. The van der Waals surface area contributed by atoms with E-state index in [1.54, 1.807) is 12.1 Å². The van der Waals surface area contributed by atoms with Crippen LogP contribution in [-0.2, 0) is 106 Å². The van der Waals surface area contributed by atoms with Crippen molar-refractivity contribution in [3.05, 3.63) is 142 Å². The highest BCUT2D eigenvalue weighted by Crippen LogP contribution is 2.33. The number of aromatic nitrogens is 7. The molecule has 0 unspecified atom stereocenters.